The Kier molecular flexibility index (Phi) is 8.33. The van der Waals surface area contributed by atoms with E-state index in [2.05, 4.69) is 6.58 Å². The van der Waals surface area contributed by atoms with Gasteiger partial charge in [-0.15, -0.1) is 6.58 Å². The first-order valence-corrected chi connectivity index (χ1v) is 7.21. The summed E-state index contributed by atoms with van der Waals surface area (Å²) in [6, 6.07) is 0. The van der Waals surface area contributed by atoms with Gasteiger partial charge in [-0.3, -0.25) is 0 Å². The smallest absolute Gasteiger partial charge is 0.126 e. The summed E-state index contributed by atoms with van der Waals surface area (Å²) < 4.78 is 19.6. The molecule has 1 saturated carbocycles. The molecule has 1 rings (SSSR count). The van der Waals surface area contributed by atoms with Gasteiger partial charge in [0.05, 0.1) is 12.7 Å². The van der Waals surface area contributed by atoms with Crippen LogP contribution in [0, 0.1) is 0 Å². The molecule has 1 aliphatic carbocycles. The fourth-order valence-electron chi connectivity index (χ4n) is 2.49. The van der Waals surface area contributed by atoms with E-state index < -0.39 is 6.17 Å². The molecular formula is C15H27FO. The molecule has 1 fully saturated rings. The lowest BCUT2D eigenvalue weighted by Crippen LogP contribution is -2.26. The molecule has 0 radical (unpaired) electrons. The highest BCUT2D eigenvalue weighted by molar-refractivity contribution is 4.74. The molecule has 100 valence electrons. The van der Waals surface area contributed by atoms with Gasteiger partial charge < -0.3 is 4.74 Å². The van der Waals surface area contributed by atoms with Gasteiger partial charge in [-0.05, 0) is 12.8 Å². The summed E-state index contributed by atoms with van der Waals surface area (Å²) in [5.74, 6) is 0. The minimum atomic E-state index is -0.783. The molecule has 0 bridgehead atoms. The molecule has 0 N–H and O–H groups in total. The van der Waals surface area contributed by atoms with Crippen molar-refractivity contribution in [2.75, 3.05) is 6.61 Å². The van der Waals surface area contributed by atoms with Crippen LogP contribution in [-0.2, 0) is 4.74 Å². The maximum absolute atomic E-state index is 14.0. The first kappa shape index (κ1) is 14.7. The van der Waals surface area contributed by atoms with Crippen LogP contribution >= 0.6 is 0 Å². The van der Waals surface area contributed by atoms with Crippen LogP contribution in [0.2, 0.25) is 0 Å². The number of hydrogen-bond acceptors (Lipinski definition) is 1. The van der Waals surface area contributed by atoms with Gasteiger partial charge in [0, 0.05) is 0 Å². The maximum Gasteiger partial charge on any atom is 0.126 e. The van der Waals surface area contributed by atoms with Crippen LogP contribution in [0.5, 0.6) is 0 Å². The van der Waals surface area contributed by atoms with Gasteiger partial charge in [-0.2, -0.15) is 0 Å². The van der Waals surface area contributed by atoms with Crippen LogP contribution < -0.4 is 0 Å². The Morgan fingerprint density at radius 2 is 1.47 bits per heavy atom. The molecule has 17 heavy (non-hydrogen) atoms. The molecule has 0 aromatic carbocycles. The molecule has 0 unspecified atom stereocenters. The lowest BCUT2D eigenvalue weighted by atomic mass is 9.98. The highest BCUT2D eigenvalue weighted by Gasteiger charge is 2.20. The predicted octanol–water partition coefficient (Wildman–Crippen LogP) is 4.81. The molecule has 2 heteroatoms. The summed E-state index contributed by atoms with van der Waals surface area (Å²) in [6.45, 7) is 4.10. The summed E-state index contributed by atoms with van der Waals surface area (Å²) >= 11 is 0. The summed E-state index contributed by atoms with van der Waals surface area (Å²) in [4.78, 5) is 0. The second-order valence-corrected chi connectivity index (χ2v) is 5.08. The third-order valence-corrected chi connectivity index (χ3v) is 3.55. The normalized spacial score (nSPS) is 29.0. The van der Waals surface area contributed by atoms with Crippen molar-refractivity contribution >= 4 is 0 Å². The molecule has 0 aromatic heterocycles. The van der Waals surface area contributed by atoms with Crippen molar-refractivity contribution in [2.24, 2.45) is 0 Å². The van der Waals surface area contributed by atoms with E-state index in [9.17, 15) is 4.39 Å². The zero-order valence-corrected chi connectivity index (χ0v) is 11.0. The number of ether oxygens (including phenoxy) is 1. The van der Waals surface area contributed by atoms with Crippen molar-refractivity contribution in [3.8, 4) is 0 Å². The molecule has 0 aromatic rings. The average molecular weight is 242 g/mol. The minimum Gasteiger partial charge on any atom is -0.371 e. The number of alkyl halides is 1. The van der Waals surface area contributed by atoms with Gasteiger partial charge >= 0.3 is 0 Å². The van der Waals surface area contributed by atoms with Crippen molar-refractivity contribution in [1.82, 2.24) is 0 Å². The maximum atomic E-state index is 14.0. The Hall–Kier alpha value is -0.370. The lowest BCUT2D eigenvalue weighted by molar-refractivity contribution is 0.00157. The highest BCUT2D eigenvalue weighted by Crippen LogP contribution is 2.21. The van der Waals surface area contributed by atoms with E-state index >= 15 is 0 Å². The number of hydrogen-bond donors (Lipinski definition) is 0. The molecular weight excluding hydrogens is 215 g/mol. The van der Waals surface area contributed by atoms with E-state index in [0.29, 0.717) is 13.0 Å². The van der Waals surface area contributed by atoms with Crippen molar-refractivity contribution in [3.63, 3.8) is 0 Å². The summed E-state index contributed by atoms with van der Waals surface area (Å²) in [5.41, 5.74) is 0. The Morgan fingerprint density at radius 1 is 0.941 bits per heavy atom. The molecule has 0 saturated heterocycles. The van der Waals surface area contributed by atoms with Crippen molar-refractivity contribution in [2.45, 2.75) is 76.5 Å². The van der Waals surface area contributed by atoms with Gasteiger partial charge in [-0.25, -0.2) is 4.39 Å². The molecule has 1 nitrogen and oxygen atoms in total. The number of rotatable bonds is 3. The Labute approximate surface area is 105 Å². The standard InChI is InChI=1S/C15H27FO/c1-2-13-17-15-12-10-8-6-4-3-5-7-9-11-14(15)16/h2,14-15H,1,3-13H2/t14-,15-/m1/s1. The highest BCUT2D eigenvalue weighted by atomic mass is 19.1. The van der Waals surface area contributed by atoms with Gasteiger partial charge in [0.15, 0.2) is 0 Å². The van der Waals surface area contributed by atoms with Crippen LogP contribution in [0.15, 0.2) is 12.7 Å². The zero-order chi connectivity index (χ0) is 12.3. The van der Waals surface area contributed by atoms with Crippen LogP contribution in [0.3, 0.4) is 0 Å². The second kappa shape index (κ2) is 9.64. The van der Waals surface area contributed by atoms with E-state index in [4.69, 9.17) is 4.74 Å². The van der Waals surface area contributed by atoms with E-state index in [1.54, 1.807) is 6.08 Å². The predicted molar refractivity (Wildman–Crippen MR) is 71.0 cm³/mol. The molecule has 0 spiro atoms. The van der Waals surface area contributed by atoms with Gasteiger partial charge in [-0.1, -0.05) is 57.4 Å². The SMILES string of the molecule is C=CCO[C@@H]1CCCCCCCCCC[C@H]1F. The second-order valence-electron chi connectivity index (χ2n) is 5.08. The lowest BCUT2D eigenvalue weighted by Gasteiger charge is -2.21. The summed E-state index contributed by atoms with van der Waals surface area (Å²) in [5, 5.41) is 0. The topological polar surface area (TPSA) is 9.23 Å². The van der Waals surface area contributed by atoms with Gasteiger partial charge in [0.25, 0.3) is 0 Å². The van der Waals surface area contributed by atoms with E-state index in [1.807, 2.05) is 0 Å². The molecule has 0 amide bonds. The minimum absolute atomic E-state index is 0.201. The fraction of sp³-hybridized carbons (Fsp3) is 0.867. The monoisotopic (exact) mass is 242 g/mol. The molecule has 1 aliphatic rings. The van der Waals surface area contributed by atoms with E-state index in [1.165, 1.54) is 38.5 Å². The van der Waals surface area contributed by atoms with Crippen LogP contribution in [0.4, 0.5) is 4.39 Å². The number of halogens is 1. The van der Waals surface area contributed by atoms with E-state index in [0.717, 1.165) is 19.3 Å². The Bertz CT molecular complexity index is 193. The summed E-state index contributed by atoms with van der Waals surface area (Å²) in [7, 11) is 0. The molecule has 0 aliphatic heterocycles. The van der Waals surface area contributed by atoms with Crippen LogP contribution in [0.1, 0.15) is 64.2 Å². The quantitative estimate of drug-likeness (QED) is 0.645. The Balaban J connectivity index is 2.36. The summed E-state index contributed by atoms with van der Waals surface area (Å²) in [6.07, 6.45) is 12.0. The van der Waals surface area contributed by atoms with Crippen LogP contribution in [-0.4, -0.2) is 18.9 Å². The van der Waals surface area contributed by atoms with Crippen molar-refractivity contribution < 1.29 is 9.13 Å². The third-order valence-electron chi connectivity index (χ3n) is 3.55. The van der Waals surface area contributed by atoms with E-state index in [-0.39, 0.29) is 6.10 Å². The average Bonchev–Trinajstić information content (AvgIpc) is 2.33. The molecule has 0 heterocycles. The Morgan fingerprint density at radius 3 is 2.06 bits per heavy atom. The third kappa shape index (κ3) is 6.82. The zero-order valence-electron chi connectivity index (χ0n) is 11.0. The molecule has 2 atom stereocenters. The fourth-order valence-corrected chi connectivity index (χ4v) is 2.49. The van der Waals surface area contributed by atoms with Crippen molar-refractivity contribution in [1.29, 1.82) is 0 Å². The van der Waals surface area contributed by atoms with Crippen molar-refractivity contribution in [3.05, 3.63) is 12.7 Å². The van der Waals surface area contributed by atoms with Crippen LogP contribution in [0.25, 0.3) is 0 Å². The van der Waals surface area contributed by atoms with Gasteiger partial charge in [0.2, 0.25) is 0 Å². The largest absolute Gasteiger partial charge is 0.371 e. The van der Waals surface area contributed by atoms with Gasteiger partial charge in [0.1, 0.15) is 6.17 Å². The first-order valence-electron chi connectivity index (χ1n) is 7.21. The first-order chi connectivity index (χ1) is 8.34.